The van der Waals surface area contributed by atoms with Crippen molar-refractivity contribution in [3.05, 3.63) is 142 Å². The van der Waals surface area contributed by atoms with Crippen LogP contribution in [0.5, 0.6) is 0 Å². The van der Waals surface area contributed by atoms with Crippen LogP contribution in [0.4, 0.5) is 0 Å². The summed E-state index contributed by atoms with van der Waals surface area (Å²) in [7, 11) is 0. The molecule has 0 fully saturated rings. The summed E-state index contributed by atoms with van der Waals surface area (Å²) < 4.78 is 1.10. The first kappa shape index (κ1) is 19.4. The lowest BCUT2D eigenvalue weighted by atomic mass is 9.67. The Morgan fingerprint density at radius 1 is 0.485 bits per heavy atom. The second-order valence-electron chi connectivity index (χ2n) is 8.66. The van der Waals surface area contributed by atoms with Gasteiger partial charge in [-0.3, -0.25) is 0 Å². The van der Waals surface area contributed by atoms with E-state index < -0.39 is 0 Å². The Hall–Kier alpha value is -3.07. The van der Waals surface area contributed by atoms with E-state index in [0.717, 1.165) is 4.47 Å². The zero-order chi connectivity index (χ0) is 22.0. The van der Waals surface area contributed by atoms with Crippen molar-refractivity contribution >= 4 is 27.7 Å². The van der Waals surface area contributed by atoms with E-state index in [1.807, 2.05) is 11.8 Å². The fourth-order valence-corrected chi connectivity index (χ4v) is 7.29. The number of halogens is 1. The summed E-state index contributed by atoms with van der Waals surface area (Å²) in [4.78, 5) is 2.68. The van der Waals surface area contributed by atoms with Gasteiger partial charge in [-0.25, -0.2) is 0 Å². The monoisotopic (exact) mass is 502 g/mol. The van der Waals surface area contributed by atoms with Crippen LogP contribution in [0, 0.1) is 0 Å². The largest absolute Gasteiger partial charge is 0.0894 e. The normalized spacial score (nSPS) is 14.3. The molecule has 1 spiro atoms. The molecule has 0 saturated carbocycles. The summed E-state index contributed by atoms with van der Waals surface area (Å²) >= 11 is 5.54. The first-order chi connectivity index (χ1) is 16.3. The first-order valence-corrected chi connectivity index (χ1v) is 12.7. The second kappa shape index (κ2) is 7.21. The molecule has 2 aliphatic rings. The van der Waals surface area contributed by atoms with Crippen molar-refractivity contribution in [2.75, 3.05) is 0 Å². The minimum atomic E-state index is -0.313. The molecule has 1 heterocycles. The zero-order valence-corrected chi connectivity index (χ0v) is 20.2. The SMILES string of the molecule is Brc1cccc(-c2ccc3c(c2)C2(c4ccccc4Sc4ccccc42)c2ccccc2-3)c1. The molecule has 0 amide bonds. The average Bonchev–Trinajstić information content (AvgIpc) is 3.15. The molecule has 33 heavy (non-hydrogen) atoms. The summed E-state index contributed by atoms with van der Waals surface area (Å²) in [5.74, 6) is 0. The van der Waals surface area contributed by atoms with Gasteiger partial charge >= 0.3 is 0 Å². The lowest BCUT2D eigenvalue weighted by Gasteiger charge is -2.39. The molecule has 2 heteroatoms. The third kappa shape index (κ3) is 2.65. The van der Waals surface area contributed by atoms with Crippen LogP contribution in [0.1, 0.15) is 22.3 Å². The second-order valence-corrected chi connectivity index (χ2v) is 10.7. The molecule has 0 bridgehead atoms. The van der Waals surface area contributed by atoms with Gasteiger partial charge in [0.05, 0.1) is 5.41 Å². The van der Waals surface area contributed by atoms with Crippen molar-refractivity contribution in [1.29, 1.82) is 0 Å². The van der Waals surface area contributed by atoms with Crippen molar-refractivity contribution in [3.8, 4) is 22.3 Å². The number of fused-ring (bicyclic) bond motifs is 9. The molecular weight excluding hydrogens is 484 g/mol. The third-order valence-corrected chi connectivity index (χ3v) is 8.65. The Balaban J connectivity index is 1.63. The van der Waals surface area contributed by atoms with Gasteiger partial charge in [0, 0.05) is 14.3 Å². The predicted molar refractivity (Wildman–Crippen MR) is 141 cm³/mol. The Morgan fingerprint density at radius 3 is 1.82 bits per heavy atom. The van der Waals surface area contributed by atoms with Crippen LogP contribution in [-0.2, 0) is 5.41 Å². The number of hydrogen-bond donors (Lipinski definition) is 0. The third-order valence-electron chi connectivity index (χ3n) is 7.00. The molecular formula is C31H19BrS. The van der Waals surface area contributed by atoms with Gasteiger partial charge in [0.25, 0.3) is 0 Å². The molecule has 0 N–H and O–H groups in total. The topological polar surface area (TPSA) is 0 Å². The van der Waals surface area contributed by atoms with Gasteiger partial charge in [-0.1, -0.05) is 113 Å². The van der Waals surface area contributed by atoms with E-state index in [0.29, 0.717) is 0 Å². The molecule has 0 atom stereocenters. The molecule has 0 aromatic heterocycles. The quantitative estimate of drug-likeness (QED) is 0.216. The molecule has 1 aliphatic heterocycles. The van der Waals surface area contributed by atoms with E-state index in [9.17, 15) is 0 Å². The van der Waals surface area contributed by atoms with Gasteiger partial charge in [0.15, 0.2) is 0 Å². The van der Waals surface area contributed by atoms with E-state index in [-0.39, 0.29) is 5.41 Å². The van der Waals surface area contributed by atoms with Crippen molar-refractivity contribution in [3.63, 3.8) is 0 Å². The number of hydrogen-bond acceptors (Lipinski definition) is 1. The molecule has 156 valence electrons. The van der Waals surface area contributed by atoms with Gasteiger partial charge in [-0.15, -0.1) is 0 Å². The lowest BCUT2D eigenvalue weighted by Crippen LogP contribution is -2.31. The Labute approximate surface area is 206 Å². The predicted octanol–water partition coefficient (Wildman–Crippen LogP) is 8.94. The van der Waals surface area contributed by atoms with E-state index in [1.165, 1.54) is 54.3 Å². The molecule has 0 nitrogen and oxygen atoms in total. The zero-order valence-electron chi connectivity index (χ0n) is 17.8. The minimum absolute atomic E-state index is 0.313. The van der Waals surface area contributed by atoms with E-state index >= 15 is 0 Å². The van der Waals surface area contributed by atoms with Gasteiger partial charge in [0.1, 0.15) is 0 Å². The standard InChI is InChI=1S/C31H19BrS/c32-22-9-7-8-20(18-22)21-16-17-24-23-10-1-2-11-25(23)31(28(24)19-21)26-12-3-5-14-29(26)33-30-15-6-4-13-27(30)31/h1-19H. The highest BCUT2D eigenvalue weighted by Crippen LogP contribution is 2.62. The Bertz CT molecular complexity index is 1520. The minimum Gasteiger partial charge on any atom is -0.0894 e. The van der Waals surface area contributed by atoms with Crippen LogP contribution in [0.15, 0.2) is 130 Å². The molecule has 1 aliphatic carbocycles. The summed E-state index contributed by atoms with van der Waals surface area (Å²) in [5.41, 5.74) is 10.4. The molecule has 7 rings (SSSR count). The van der Waals surface area contributed by atoms with Gasteiger partial charge in [-0.05, 0) is 74.8 Å². The maximum absolute atomic E-state index is 3.66. The van der Waals surface area contributed by atoms with E-state index in [4.69, 9.17) is 0 Å². The van der Waals surface area contributed by atoms with Crippen LogP contribution in [0.3, 0.4) is 0 Å². The molecule has 0 saturated heterocycles. The van der Waals surface area contributed by atoms with Crippen molar-refractivity contribution in [2.45, 2.75) is 15.2 Å². The highest BCUT2D eigenvalue weighted by Gasteiger charge is 2.50. The number of rotatable bonds is 1. The lowest BCUT2D eigenvalue weighted by molar-refractivity contribution is 0.722. The first-order valence-electron chi connectivity index (χ1n) is 11.1. The maximum atomic E-state index is 3.66. The summed E-state index contributed by atoms with van der Waals surface area (Å²) in [6.07, 6.45) is 0. The fraction of sp³-hybridized carbons (Fsp3) is 0.0323. The highest BCUT2D eigenvalue weighted by atomic mass is 79.9. The number of benzene rings is 5. The molecule has 5 aromatic carbocycles. The van der Waals surface area contributed by atoms with Crippen LogP contribution in [0.25, 0.3) is 22.3 Å². The van der Waals surface area contributed by atoms with Crippen molar-refractivity contribution < 1.29 is 0 Å². The smallest absolute Gasteiger partial charge is 0.0735 e. The van der Waals surface area contributed by atoms with Gasteiger partial charge < -0.3 is 0 Å². The van der Waals surface area contributed by atoms with Gasteiger partial charge in [-0.2, -0.15) is 0 Å². The average molecular weight is 503 g/mol. The van der Waals surface area contributed by atoms with Crippen LogP contribution < -0.4 is 0 Å². The van der Waals surface area contributed by atoms with Crippen LogP contribution in [-0.4, -0.2) is 0 Å². The van der Waals surface area contributed by atoms with E-state index in [2.05, 4.69) is 131 Å². The van der Waals surface area contributed by atoms with Crippen molar-refractivity contribution in [1.82, 2.24) is 0 Å². The summed E-state index contributed by atoms with van der Waals surface area (Å²) in [5, 5.41) is 0. The Kier molecular flexibility index (Phi) is 4.24. The fourth-order valence-electron chi connectivity index (χ4n) is 5.70. The maximum Gasteiger partial charge on any atom is 0.0735 e. The highest BCUT2D eigenvalue weighted by molar-refractivity contribution is 9.10. The summed E-state index contributed by atoms with van der Waals surface area (Å²) in [6.45, 7) is 0. The van der Waals surface area contributed by atoms with Gasteiger partial charge in [0.2, 0.25) is 0 Å². The molecule has 0 unspecified atom stereocenters. The summed E-state index contributed by atoms with van der Waals surface area (Å²) in [6, 6.07) is 42.5. The van der Waals surface area contributed by atoms with E-state index in [1.54, 1.807) is 0 Å². The molecule has 5 aromatic rings. The Morgan fingerprint density at radius 2 is 1.09 bits per heavy atom. The van der Waals surface area contributed by atoms with Crippen molar-refractivity contribution in [2.24, 2.45) is 0 Å². The van der Waals surface area contributed by atoms with Crippen LogP contribution in [0.2, 0.25) is 0 Å². The molecule has 0 radical (unpaired) electrons. The van der Waals surface area contributed by atoms with Crippen LogP contribution >= 0.6 is 27.7 Å².